The molecule has 42 heavy (non-hydrogen) atoms. The second kappa shape index (κ2) is 15.1. The molecule has 2 aromatic rings. The summed E-state index contributed by atoms with van der Waals surface area (Å²) in [5.74, 6) is 0.269. The van der Waals surface area contributed by atoms with Gasteiger partial charge in [-0.1, -0.05) is 25.8 Å². The van der Waals surface area contributed by atoms with E-state index in [9.17, 15) is 14.7 Å². The maximum Gasteiger partial charge on any atom is 0.295 e. The number of amides is 1. The van der Waals surface area contributed by atoms with Crippen LogP contribution in [0.4, 0.5) is 0 Å². The number of ketones is 1. The number of rotatable bonds is 14. The Kier molecular flexibility index (Phi) is 11.3. The van der Waals surface area contributed by atoms with Crippen molar-refractivity contribution >= 4 is 17.4 Å². The number of hydrogen-bond donors (Lipinski definition) is 1. The van der Waals surface area contributed by atoms with Crippen LogP contribution in [0.2, 0.25) is 0 Å². The quantitative estimate of drug-likeness (QED) is 0.142. The van der Waals surface area contributed by atoms with Gasteiger partial charge in [0.15, 0.2) is 11.5 Å². The van der Waals surface area contributed by atoms with E-state index in [0.29, 0.717) is 67.8 Å². The minimum absolute atomic E-state index is 0.0669. The Morgan fingerprint density at radius 1 is 0.976 bits per heavy atom. The Labute approximate surface area is 249 Å². The molecule has 0 aromatic heterocycles. The first kappa shape index (κ1) is 31.4. The fourth-order valence-electron chi connectivity index (χ4n) is 5.56. The number of carbonyl (C=O) groups excluding carboxylic acids is 2. The van der Waals surface area contributed by atoms with Gasteiger partial charge >= 0.3 is 0 Å². The number of ether oxygens (including phenoxy) is 4. The number of methoxy groups -OCH3 is 1. The molecule has 2 heterocycles. The molecule has 1 amide bonds. The summed E-state index contributed by atoms with van der Waals surface area (Å²) in [6, 6.07) is 10.00. The van der Waals surface area contributed by atoms with Gasteiger partial charge in [-0.05, 0) is 68.1 Å². The van der Waals surface area contributed by atoms with Crippen molar-refractivity contribution in [3.05, 3.63) is 58.7 Å². The zero-order valence-electron chi connectivity index (χ0n) is 25.3. The molecule has 9 heteroatoms. The standard InChI is InChI=1S/C33H44N2O7/c1-5-7-8-18-42-27-13-10-24(22-28(27)39-4)30-29(31(36)26-12-11-25(41-6-2)21-23(26)3)32(37)33(38)35(30)15-9-14-34-16-19-40-20-17-34/h10-13,21-22,30,36H,5-9,14-20H2,1-4H3. The highest BCUT2D eigenvalue weighted by Crippen LogP contribution is 2.42. The average Bonchev–Trinajstić information content (AvgIpc) is 3.25. The largest absolute Gasteiger partial charge is 0.507 e. The van der Waals surface area contributed by atoms with Crippen molar-refractivity contribution in [2.75, 3.05) is 59.7 Å². The second-order valence-electron chi connectivity index (χ2n) is 10.7. The van der Waals surface area contributed by atoms with E-state index in [1.165, 1.54) is 0 Å². The minimum Gasteiger partial charge on any atom is -0.507 e. The van der Waals surface area contributed by atoms with E-state index in [1.54, 1.807) is 30.2 Å². The summed E-state index contributed by atoms with van der Waals surface area (Å²) in [6.07, 6.45) is 3.79. The van der Waals surface area contributed by atoms with Crippen molar-refractivity contribution < 1.29 is 33.6 Å². The van der Waals surface area contributed by atoms with E-state index in [-0.39, 0.29) is 11.3 Å². The van der Waals surface area contributed by atoms with E-state index in [2.05, 4.69) is 11.8 Å². The molecule has 2 aliphatic heterocycles. The van der Waals surface area contributed by atoms with Crippen molar-refractivity contribution in [1.82, 2.24) is 9.80 Å². The van der Waals surface area contributed by atoms with Gasteiger partial charge in [-0.2, -0.15) is 0 Å². The maximum absolute atomic E-state index is 13.6. The SMILES string of the molecule is CCCCCOc1ccc(C2C(=C(O)c3ccc(OCC)cc3C)C(=O)C(=O)N2CCCN2CCOCC2)cc1OC. The van der Waals surface area contributed by atoms with Gasteiger partial charge in [-0.25, -0.2) is 0 Å². The van der Waals surface area contributed by atoms with Crippen LogP contribution in [-0.4, -0.2) is 86.3 Å². The number of hydrogen-bond acceptors (Lipinski definition) is 8. The van der Waals surface area contributed by atoms with Crippen LogP contribution < -0.4 is 14.2 Å². The highest BCUT2D eigenvalue weighted by molar-refractivity contribution is 6.46. The molecule has 0 spiro atoms. The zero-order valence-corrected chi connectivity index (χ0v) is 25.3. The fraction of sp³-hybridized carbons (Fsp3) is 0.515. The van der Waals surface area contributed by atoms with Gasteiger partial charge in [0.2, 0.25) is 0 Å². The molecule has 1 N–H and O–H groups in total. The Morgan fingerprint density at radius 3 is 2.45 bits per heavy atom. The van der Waals surface area contributed by atoms with Gasteiger partial charge in [-0.3, -0.25) is 14.5 Å². The highest BCUT2D eigenvalue weighted by atomic mass is 16.5. The number of morpholine rings is 1. The van der Waals surface area contributed by atoms with Crippen LogP contribution in [0.15, 0.2) is 42.0 Å². The molecule has 0 saturated carbocycles. The molecular weight excluding hydrogens is 536 g/mol. The lowest BCUT2D eigenvalue weighted by Gasteiger charge is -2.29. The number of Topliss-reactive ketones (excluding diaryl/α,β-unsaturated/α-hetero) is 1. The summed E-state index contributed by atoms with van der Waals surface area (Å²) in [5.41, 5.74) is 1.96. The van der Waals surface area contributed by atoms with Gasteiger partial charge in [0.25, 0.3) is 11.7 Å². The number of nitrogens with zero attached hydrogens (tertiary/aromatic N) is 2. The Morgan fingerprint density at radius 2 is 1.76 bits per heavy atom. The molecule has 0 aliphatic carbocycles. The normalized spacial score (nSPS) is 18.9. The van der Waals surface area contributed by atoms with Crippen LogP contribution in [0.1, 0.15) is 62.3 Å². The van der Waals surface area contributed by atoms with Crippen LogP contribution in [0.3, 0.4) is 0 Å². The lowest BCUT2D eigenvalue weighted by atomic mass is 9.93. The van der Waals surface area contributed by atoms with E-state index in [4.69, 9.17) is 18.9 Å². The molecular formula is C33H44N2O7. The molecule has 0 bridgehead atoms. The maximum atomic E-state index is 13.6. The molecule has 1 atom stereocenters. The van der Waals surface area contributed by atoms with Crippen LogP contribution in [0, 0.1) is 6.92 Å². The summed E-state index contributed by atoms with van der Waals surface area (Å²) < 4.78 is 22.7. The Hall–Kier alpha value is -3.56. The Balaban J connectivity index is 1.70. The molecule has 9 nitrogen and oxygen atoms in total. The number of aliphatic hydroxyl groups excluding tert-OH is 1. The third-order valence-electron chi connectivity index (χ3n) is 7.79. The molecule has 2 aromatic carbocycles. The van der Waals surface area contributed by atoms with Crippen LogP contribution in [0.5, 0.6) is 17.2 Å². The number of carbonyl (C=O) groups is 2. The van der Waals surface area contributed by atoms with Crippen molar-refractivity contribution in [2.45, 2.75) is 52.5 Å². The van der Waals surface area contributed by atoms with Gasteiger partial charge in [0.05, 0.1) is 45.2 Å². The summed E-state index contributed by atoms with van der Waals surface area (Å²) >= 11 is 0. The molecule has 228 valence electrons. The summed E-state index contributed by atoms with van der Waals surface area (Å²) in [5, 5.41) is 11.6. The first-order valence-electron chi connectivity index (χ1n) is 15.0. The van der Waals surface area contributed by atoms with E-state index in [0.717, 1.165) is 44.5 Å². The molecule has 0 radical (unpaired) electrons. The van der Waals surface area contributed by atoms with Crippen molar-refractivity contribution in [3.63, 3.8) is 0 Å². The van der Waals surface area contributed by atoms with Gasteiger partial charge in [0.1, 0.15) is 11.5 Å². The number of aryl methyl sites for hydroxylation is 1. The summed E-state index contributed by atoms with van der Waals surface area (Å²) in [7, 11) is 1.57. The lowest BCUT2D eigenvalue weighted by Crippen LogP contribution is -2.39. The number of unbranched alkanes of at least 4 members (excludes halogenated alkanes) is 2. The van der Waals surface area contributed by atoms with Crippen molar-refractivity contribution in [1.29, 1.82) is 0 Å². The third kappa shape index (κ3) is 7.25. The predicted octanol–water partition coefficient (Wildman–Crippen LogP) is 5.12. The van der Waals surface area contributed by atoms with E-state index in [1.807, 2.05) is 32.0 Å². The molecule has 2 fully saturated rings. The highest BCUT2D eigenvalue weighted by Gasteiger charge is 2.46. The zero-order chi connectivity index (χ0) is 30.1. The molecule has 1 unspecified atom stereocenters. The fourth-order valence-corrected chi connectivity index (χ4v) is 5.56. The van der Waals surface area contributed by atoms with Crippen LogP contribution in [-0.2, 0) is 14.3 Å². The number of likely N-dealkylation sites (tertiary alicyclic amines) is 1. The van der Waals surface area contributed by atoms with Crippen LogP contribution in [0.25, 0.3) is 5.76 Å². The van der Waals surface area contributed by atoms with E-state index < -0.39 is 17.7 Å². The minimum atomic E-state index is -0.774. The average molecular weight is 581 g/mol. The first-order valence-corrected chi connectivity index (χ1v) is 15.0. The topological polar surface area (TPSA) is 97.8 Å². The monoisotopic (exact) mass is 580 g/mol. The smallest absolute Gasteiger partial charge is 0.295 e. The van der Waals surface area contributed by atoms with Crippen molar-refractivity contribution in [3.8, 4) is 17.2 Å². The predicted molar refractivity (Wildman–Crippen MR) is 161 cm³/mol. The Bertz CT molecular complexity index is 1270. The summed E-state index contributed by atoms with van der Waals surface area (Å²) in [4.78, 5) is 30.9. The first-order chi connectivity index (χ1) is 20.4. The second-order valence-corrected chi connectivity index (χ2v) is 10.7. The number of benzene rings is 2. The van der Waals surface area contributed by atoms with Crippen LogP contribution >= 0.6 is 0 Å². The van der Waals surface area contributed by atoms with E-state index >= 15 is 0 Å². The number of aliphatic hydroxyl groups is 1. The lowest BCUT2D eigenvalue weighted by molar-refractivity contribution is -0.140. The third-order valence-corrected chi connectivity index (χ3v) is 7.79. The molecule has 2 saturated heterocycles. The van der Waals surface area contributed by atoms with Crippen molar-refractivity contribution in [2.24, 2.45) is 0 Å². The molecule has 2 aliphatic rings. The van der Waals surface area contributed by atoms with Gasteiger partial charge < -0.3 is 29.0 Å². The molecule has 4 rings (SSSR count). The van der Waals surface area contributed by atoms with Gasteiger partial charge in [-0.15, -0.1) is 0 Å². The van der Waals surface area contributed by atoms with Gasteiger partial charge in [0, 0.05) is 31.7 Å². The summed E-state index contributed by atoms with van der Waals surface area (Å²) in [6.45, 7) is 11.2.